The van der Waals surface area contributed by atoms with E-state index >= 15 is 0 Å². The van der Waals surface area contributed by atoms with Crippen LogP contribution in [0.25, 0.3) is 11.3 Å². The van der Waals surface area contributed by atoms with E-state index in [1.54, 1.807) is 31.1 Å². The standard InChI is InChI=1S/C25H28ClN3O5/c1-13(2)12-34-19-6-5-15(10-20(19)33-4)24-21-22(16-11-17(26)14(3)9-18(16)31)27-28-23(21)25(32)29(24)7-8-30/h5-6,9-11,13,24,30-31H,7-8,12H2,1-4H3,(H,27,28). The van der Waals surface area contributed by atoms with Crippen LogP contribution in [-0.4, -0.2) is 58.1 Å². The SMILES string of the molecule is COc1cc(C2c3c(-c4cc(Cl)c(C)cc4O)n[nH]c3C(=O)N2CCO)ccc1OCC(C)C. The van der Waals surface area contributed by atoms with Crippen molar-refractivity contribution in [3.63, 3.8) is 0 Å². The van der Waals surface area contributed by atoms with Crippen molar-refractivity contribution < 1.29 is 24.5 Å². The number of nitrogens with one attached hydrogen (secondary N) is 1. The van der Waals surface area contributed by atoms with Gasteiger partial charge in [-0.25, -0.2) is 0 Å². The fourth-order valence-electron chi connectivity index (χ4n) is 4.17. The second-order valence-electron chi connectivity index (χ2n) is 8.72. The number of phenols is 1. The quantitative estimate of drug-likeness (QED) is 0.438. The minimum absolute atomic E-state index is 0.0121. The van der Waals surface area contributed by atoms with Gasteiger partial charge in [0.2, 0.25) is 0 Å². The number of H-pyrrole nitrogens is 1. The van der Waals surface area contributed by atoms with Gasteiger partial charge in [-0.1, -0.05) is 31.5 Å². The van der Waals surface area contributed by atoms with Crippen molar-refractivity contribution in [2.45, 2.75) is 26.8 Å². The van der Waals surface area contributed by atoms with E-state index in [9.17, 15) is 15.0 Å². The lowest BCUT2D eigenvalue weighted by molar-refractivity contribution is 0.0706. The maximum absolute atomic E-state index is 13.2. The van der Waals surface area contributed by atoms with Crippen LogP contribution in [0.5, 0.6) is 17.2 Å². The number of β-amino-alcohol motifs (C(OH)–C–C–N with tert-alkyl or cyclic N) is 1. The van der Waals surface area contributed by atoms with Gasteiger partial charge in [0.15, 0.2) is 11.5 Å². The maximum Gasteiger partial charge on any atom is 0.273 e. The number of aliphatic hydroxyl groups is 1. The number of amides is 1. The number of fused-ring (bicyclic) bond motifs is 1. The van der Waals surface area contributed by atoms with Gasteiger partial charge in [-0.2, -0.15) is 5.10 Å². The molecule has 0 saturated carbocycles. The Labute approximate surface area is 203 Å². The molecule has 1 aromatic heterocycles. The molecule has 3 aromatic rings. The molecule has 8 nitrogen and oxygen atoms in total. The molecule has 1 unspecified atom stereocenters. The van der Waals surface area contributed by atoms with Gasteiger partial charge >= 0.3 is 0 Å². The zero-order valence-electron chi connectivity index (χ0n) is 19.6. The molecule has 0 radical (unpaired) electrons. The summed E-state index contributed by atoms with van der Waals surface area (Å²) in [5, 5.41) is 28.0. The molecule has 0 saturated heterocycles. The van der Waals surface area contributed by atoms with Gasteiger partial charge in [-0.3, -0.25) is 9.89 Å². The number of aromatic nitrogens is 2. The molecule has 34 heavy (non-hydrogen) atoms. The molecule has 0 fully saturated rings. The number of carbonyl (C=O) groups excluding carboxylic acids is 1. The van der Waals surface area contributed by atoms with Crippen molar-refractivity contribution in [2.75, 3.05) is 26.9 Å². The number of hydrogen-bond donors (Lipinski definition) is 3. The van der Waals surface area contributed by atoms with Gasteiger partial charge in [-0.15, -0.1) is 0 Å². The number of nitrogens with zero attached hydrogens (tertiary/aromatic N) is 2. The molecule has 1 amide bonds. The average Bonchev–Trinajstić information content (AvgIpc) is 3.34. The van der Waals surface area contributed by atoms with Crippen LogP contribution in [-0.2, 0) is 0 Å². The predicted octanol–water partition coefficient (Wildman–Crippen LogP) is 4.33. The van der Waals surface area contributed by atoms with E-state index in [0.29, 0.717) is 51.6 Å². The molecule has 0 aliphatic carbocycles. The number of hydrogen-bond acceptors (Lipinski definition) is 6. The van der Waals surface area contributed by atoms with Gasteiger partial charge in [0, 0.05) is 22.7 Å². The first kappa shape index (κ1) is 23.9. The summed E-state index contributed by atoms with van der Waals surface area (Å²) in [5.74, 6) is 1.22. The van der Waals surface area contributed by atoms with Crippen LogP contribution in [0.15, 0.2) is 30.3 Å². The summed E-state index contributed by atoms with van der Waals surface area (Å²) in [7, 11) is 1.56. The van der Waals surface area contributed by atoms with Gasteiger partial charge in [0.05, 0.1) is 26.4 Å². The lowest BCUT2D eigenvalue weighted by Crippen LogP contribution is -2.32. The second-order valence-corrected chi connectivity index (χ2v) is 9.13. The first-order valence-electron chi connectivity index (χ1n) is 11.1. The highest BCUT2D eigenvalue weighted by Crippen LogP contribution is 2.46. The van der Waals surface area contributed by atoms with Crippen molar-refractivity contribution in [2.24, 2.45) is 5.92 Å². The number of aromatic hydroxyl groups is 1. The highest BCUT2D eigenvalue weighted by Gasteiger charge is 2.42. The lowest BCUT2D eigenvalue weighted by Gasteiger charge is -2.26. The summed E-state index contributed by atoms with van der Waals surface area (Å²) < 4.78 is 11.5. The highest BCUT2D eigenvalue weighted by atomic mass is 35.5. The van der Waals surface area contributed by atoms with Crippen LogP contribution in [0.4, 0.5) is 0 Å². The maximum atomic E-state index is 13.2. The number of rotatable bonds is 8. The molecule has 1 aliphatic rings. The Balaban J connectivity index is 1.85. The van der Waals surface area contributed by atoms with E-state index in [-0.39, 0.29) is 24.8 Å². The number of halogens is 1. The molecule has 3 N–H and O–H groups in total. The monoisotopic (exact) mass is 485 g/mol. The number of benzene rings is 2. The Hall–Kier alpha value is -3.23. The predicted molar refractivity (Wildman–Crippen MR) is 129 cm³/mol. The summed E-state index contributed by atoms with van der Waals surface area (Å²) in [6.07, 6.45) is 0. The normalized spacial score (nSPS) is 15.2. The van der Waals surface area contributed by atoms with E-state index in [0.717, 1.165) is 11.1 Å². The Morgan fingerprint density at radius 2 is 2.00 bits per heavy atom. The van der Waals surface area contributed by atoms with Crippen LogP contribution in [0, 0.1) is 12.8 Å². The lowest BCUT2D eigenvalue weighted by atomic mass is 9.95. The van der Waals surface area contributed by atoms with Crippen molar-refractivity contribution in [3.8, 4) is 28.5 Å². The van der Waals surface area contributed by atoms with Gasteiger partial charge < -0.3 is 24.6 Å². The molecule has 2 aromatic carbocycles. The smallest absolute Gasteiger partial charge is 0.273 e. The third-order valence-electron chi connectivity index (χ3n) is 5.81. The third kappa shape index (κ3) is 4.19. The van der Waals surface area contributed by atoms with Crippen LogP contribution in [0.1, 0.15) is 47.1 Å². The summed E-state index contributed by atoms with van der Waals surface area (Å²) in [6.45, 7) is 6.38. The number of phenolic OH excluding ortho intramolecular Hbond substituents is 1. The largest absolute Gasteiger partial charge is 0.507 e. The van der Waals surface area contributed by atoms with Crippen molar-refractivity contribution in [1.82, 2.24) is 15.1 Å². The van der Waals surface area contributed by atoms with Crippen molar-refractivity contribution in [3.05, 3.63) is 57.7 Å². The Morgan fingerprint density at radius 1 is 1.24 bits per heavy atom. The molecule has 0 spiro atoms. The van der Waals surface area contributed by atoms with E-state index < -0.39 is 6.04 Å². The zero-order chi connectivity index (χ0) is 24.6. The minimum atomic E-state index is -0.559. The number of methoxy groups -OCH3 is 1. The Kier molecular flexibility index (Phi) is 6.72. The number of ether oxygens (including phenoxy) is 2. The number of aromatic amines is 1. The van der Waals surface area contributed by atoms with Crippen molar-refractivity contribution >= 4 is 17.5 Å². The van der Waals surface area contributed by atoms with Crippen molar-refractivity contribution in [1.29, 1.82) is 0 Å². The van der Waals surface area contributed by atoms with E-state index in [4.69, 9.17) is 21.1 Å². The van der Waals surface area contributed by atoms with Gasteiger partial charge in [0.25, 0.3) is 5.91 Å². The molecular formula is C25H28ClN3O5. The molecular weight excluding hydrogens is 458 g/mol. The first-order chi connectivity index (χ1) is 16.3. The number of carbonyl (C=O) groups is 1. The van der Waals surface area contributed by atoms with E-state index in [1.165, 1.54) is 0 Å². The zero-order valence-corrected chi connectivity index (χ0v) is 20.3. The molecule has 9 heteroatoms. The van der Waals surface area contributed by atoms with Crippen LogP contribution in [0.2, 0.25) is 5.02 Å². The molecule has 1 aliphatic heterocycles. The fraction of sp³-hybridized carbons (Fsp3) is 0.360. The molecule has 2 heterocycles. The summed E-state index contributed by atoms with van der Waals surface area (Å²) in [5.41, 5.74) is 3.24. The molecule has 180 valence electrons. The van der Waals surface area contributed by atoms with Crippen LogP contribution < -0.4 is 9.47 Å². The molecule has 0 bridgehead atoms. The molecule has 4 rings (SSSR count). The van der Waals surface area contributed by atoms with Crippen LogP contribution >= 0.6 is 11.6 Å². The average molecular weight is 486 g/mol. The van der Waals surface area contributed by atoms with E-state index in [2.05, 4.69) is 24.0 Å². The summed E-state index contributed by atoms with van der Waals surface area (Å²) >= 11 is 6.33. The second kappa shape index (κ2) is 9.56. The van der Waals surface area contributed by atoms with Crippen LogP contribution in [0.3, 0.4) is 0 Å². The Morgan fingerprint density at radius 3 is 2.68 bits per heavy atom. The topological polar surface area (TPSA) is 108 Å². The fourth-order valence-corrected chi connectivity index (χ4v) is 4.34. The van der Waals surface area contributed by atoms with E-state index in [1.807, 2.05) is 18.2 Å². The number of aliphatic hydroxyl groups excluding tert-OH is 1. The van der Waals surface area contributed by atoms with Gasteiger partial charge in [0.1, 0.15) is 17.1 Å². The molecule has 1 atom stereocenters. The summed E-state index contributed by atoms with van der Waals surface area (Å²) in [6, 6.07) is 8.16. The first-order valence-corrected chi connectivity index (χ1v) is 11.4. The van der Waals surface area contributed by atoms with Gasteiger partial charge in [-0.05, 0) is 48.2 Å². The minimum Gasteiger partial charge on any atom is -0.507 e. The summed E-state index contributed by atoms with van der Waals surface area (Å²) in [4.78, 5) is 14.8. The highest BCUT2D eigenvalue weighted by molar-refractivity contribution is 6.31. The third-order valence-corrected chi connectivity index (χ3v) is 6.22. The number of aryl methyl sites for hydroxylation is 1. The Bertz CT molecular complexity index is 1220.